The molecule has 88 valence electrons. The number of amides is 1. The normalized spacial score (nSPS) is 10.3. The Kier molecular flexibility index (Phi) is 4.95. The predicted octanol–water partition coefficient (Wildman–Crippen LogP) is 3.23. The summed E-state index contributed by atoms with van der Waals surface area (Å²) in [5.41, 5.74) is 0.139. The number of carbonyl (C=O) groups excluding carboxylic acids is 1. The molecule has 0 unspecified atom stereocenters. The summed E-state index contributed by atoms with van der Waals surface area (Å²) in [6.45, 7) is -2.95. The van der Waals surface area contributed by atoms with E-state index in [1.165, 1.54) is 18.2 Å². The summed E-state index contributed by atoms with van der Waals surface area (Å²) in [5.74, 6) is -0.878. The Labute approximate surface area is 104 Å². The van der Waals surface area contributed by atoms with Gasteiger partial charge in [0.05, 0.1) is 5.69 Å². The van der Waals surface area contributed by atoms with Crippen LogP contribution >= 0.6 is 27.5 Å². The maximum Gasteiger partial charge on any atom is 0.387 e. The van der Waals surface area contributed by atoms with Crippen molar-refractivity contribution in [3.8, 4) is 5.75 Å². The quantitative estimate of drug-likeness (QED) is 0.867. The lowest BCUT2D eigenvalue weighted by Crippen LogP contribution is -2.14. The SMILES string of the molecule is O=C(CCl)Nc1cc(Br)ccc1OC(F)F. The second kappa shape index (κ2) is 6.00. The molecule has 1 aromatic carbocycles. The molecule has 3 nitrogen and oxygen atoms in total. The Morgan fingerprint density at radius 2 is 2.25 bits per heavy atom. The van der Waals surface area contributed by atoms with Crippen LogP contribution in [0.2, 0.25) is 0 Å². The highest BCUT2D eigenvalue weighted by atomic mass is 79.9. The first-order valence-electron chi connectivity index (χ1n) is 4.13. The number of alkyl halides is 3. The molecule has 0 atom stereocenters. The van der Waals surface area contributed by atoms with Crippen molar-refractivity contribution >= 4 is 39.1 Å². The van der Waals surface area contributed by atoms with E-state index in [2.05, 4.69) is 26.0 Å². The monoisotopic (exact) mass is 313 g/mol. The second-order valence-corrected chi connectivity index (χ2v) is 3.88. The molecule has 0 aromatic heterocycles. The number of rotatable bonds is 4. The number of nitrogens with one attached hydrogen (secondary N) is 1. The van der Waals surface area contributed by atoms with E-state index in [0.717, 1.165) is 0 Å². The summed E-state index contributed by atoms with van der Waals surface area (Å²) in [4.78, 5) is 11.0. The highest BCUT2D eigenvalue weighted by Crippen LogP contribution is 2.29. The first-order chi connectivity index (χ1) is 7.52. The number of carbonyl (C=O) groups is 1. The molecule has 0 saturated carbocycles. The molecule has 1 rings (SSSR count). The number of ether oxygens (including phenoxy) is 1. The Hall–Kier alpha value is -0.880. The predicted molar refractivity (Wildman–Crippen MR) is 60.1 cm³/mol. The van der Waals surface area contributed by atoms with E-state index in [1.807, 2.05) is 0 Å². The Bertz CT molecular complexity index is 390. The summed E-state index contributed by atoms with van der Waals surface area (Å²) < 4.78 is 29.0. The zero-order valence-corrected chi connectivity index (χ0v) is 10.2. The number of halogens is 4. The van der Waals surface area contributed by atoms with E-state index in [1.54, 1.807) is 0 Å². The maximum atomic E-state index is 12.0. The van der Waals surface area contributed by atoms with Crippen LogP contribution < -0.4 is 10.1 Å². The molecule has 0 radical (unpaired) electrons. The standard InChI is InChI=1S/C9H7BrClF2NO2/c10-5-1-2-7(16-9(12)13)6(3-5)14-8(15)4-11/h1-3,9H,4H2,(H,14,15). The van der Waals surface area contributed by atoms with Crippen molar-refractivity contribution < 1.29 is 18.3 Å². The average Bonchev–Trinajstić information content (AvgIpc) is 2.21. The Morgan fingerprint density at radius 1 is 1.56 bits per heavy atom. The first-order valence-corrected chi connectivity index (χ1v) is 5.46. The molecule has 0 aliphatic rings. The van der Waals surface area contributed by atoms with Gasteiger partial charge < -0.3 is 10.1 Å². The van der Waals surface area contributed by atoms with Gasteiger partial charge in [0, 0.05) is 4.47 Å². The highest BCUT2D eigenvalue weighted by molar-refractivity contribution is 9.10. The van der Waals surface area contributed by atoms with Gasteiger partial charge in [-0.1, -0.05) is 15.9 Å². The molecular formula is C9H7BrClF2NO2. The van der Waals surface area contributed by atoms with Gasteiger partial charge in [0.1, 0.15) is 11.6 Å². The van der Waals surface area contributed by atoms with Crippen LogP contribution in [0.1, 0.15) is 0 Å². The van der Waals surface area contributed by atoms with E-state index in [-0.39, 0.29) is 17.3 Å². The van der Waals surface area contributed by atoms with Gasteiger partial charge in [0.25, 0.3) is 0 Å². The van der Waals surface area contributed by atoms with E-state index in [4.69, 9.17) is 11.6 Å². The molecule has 0 heterocycles. The minimum atomic E-state index is -2.95. The van der Waals surface area contributed by atoms with Gasteiger partial charge in [0.15, 0.2) is 0 Å². The molecule has 0 aliphatic carbocycles. The van der Waals surface area contributed by atoms with Crippen molar-refractivity contribution in [1.82, 2.24) is 0 Å². The van der Waals surface area contributed by atoms with Crippen molar-refractivity contribution in [3.05, 3.63) is 22.7 Å². The lowest BCUT2D eigenvalue weighted by Gasteiger charge is -2.11. The van der Waals surface area contributed by atoms with Gasteiger partial charge in [0.2, 0.25) is 5.91 Å². The molecule has 0 bridgehead atoms. The van der Waals surface area contributed by atoms with Crippen molar-refractivity contribution in [2.75, 3.05) is 11.2 Å². The minimum Gasteiger partial charge on any atom is -0.433 e. The number of benzene rings is 1. The largest absolute Gasteiger partial charge is 0.433 e. The summed E-state index contributed by atoms with van der Waals surface area (Å²) in [6, 6.07) is 4.29. The molecule has 0 saturated heterocycles. The van der Waals surface area contributed by atoms with Crippen molar-refractivity contribution in [2.24, 2.45) is 0 Å². The fraction of sp³-hybridized carbons (Fsp3) is 0.222. The smallest absolute Gasteiger partial charge is 0.387 e. The number of anilines is 1. The zero-order valence-electron chi connectivity index (χ0n) is 7.84. The minimum absolute atomic E-state index is 0.114. The van der Waals surface area contributed by atoms with Crippen LogP contribution in [0.4, 0.5) is 14.5 Å². The van der Waals surface area contributed by atoms with E-state index in [9.17, 15) is 13.6 Å². The highest BCUT2D eigenvalue weighted by Gasteiger charge is 2.11. The summed E-state index contributed by atoms with van der Waals surface area (Å²) in [6.07, 6.45) is 0. The average molecular weight is 315 g/mol. The van der Waals surface area contributed by atoms with Gasteiger partial charge in [-0.05, 0) is 18.2 Å². The van der Waals surface area contributed by atoms with Crippen LogP contribution in [0.25, 0.3) is 0 Å². The molecule has 1 aromatic rings. The van der Waals surface area contributed by atoms with Crippen LogP contribution in [0, 0.1) is 0 Å². The molecule has 0 fully saturated rings. The fourth-order valence-corrected chi connectivity index (χ4v) is 1.41. The lowest BCUT2D eigenvalue weighted by molar-refractivity contribution is -0.114. The second-order valence-electron chi connectivity index (χ2n) is 2.70. The lowest BCUT2D eigenvalue weighted by atomic mass is 10.3. The first kappa shape index (κ1) is 13.2. The summed E-state index contributed by atoms with van der Waals surface area (Å²) in [7, 11) is 0. The van der Waals surface area contributed by atoms with Gasteiger partial charge >= 0.3 is 6.61 Å². The van der Waals surface area contributed by atoms with E-state index >= 15 is 0 Å². The number of hydrogen-bond donors (Lipinski definition) is 1. The summed E-state index contributed by atoms with van der Waals surface area (Å²) >= 11 is 8.43. The molecule has 7 heteroatoms. The van der Waals surface area contributed by atoms with Gasteiger partial charge in [-0.2, -0.15) is 8.78 Å². The number of hydrogen-bond acceptors (Lipinski definition) is 2. The zero-order chi connectivity index (χ0) is 12.1. The topological polar surface area (TPSA) is 38.3 Å². The van der Waals surface area contributed by atoms with Crippen LogP contribution in [-0.4, -0.2) is 18.4 Å². The Morgan fingerprint density at radius 3 is 2.81 bits per heavy atom. The van der Waals surface area contributed by atoms with Crippen molar-refractivity contribution in [1.29, 1.82) is 0 Å². The fourth-order valence-electron chi connectivity index (χ4n) is 0.982. The third kappa shape index (κ3) is 3.94. The molecular weight excluding hydrogens is 307 g/mol. The van der Waals surface area contributed by atoms with Crippen LogP contribution in [0.15, 0.2) is 22.7 Å². The van der Waals surface area contributed by atoms with E-state index in [0.29, 0.717) is 4.47 Å². The molecule has 0 aliphatic heterocycles. The molecule has 1 amide bonds. The van der Waals surface area contributed by atoms with Crippen LogP contribution in [-0.2, 0) is 4.79 Å². The van der Waals surface area contributed by atoms with E-state index < -0.39 is 12.5 Å². The maximum absolute atomic E-state index is 12.0. The third-order valence-electron chi connectivity index (χ3n) is 1.55. The molecule has 16 heavy (non-hydrogen) atoms. The van der Waals surface area contributed by atoms with Gasteiger partial charge in [-0.15, -0.1) is 11.6 Å². The van der Waals surface area contributed by atoms with Crippen LogP contribution in [0.5, 0.6) is 5.75 Å². The van der Waals surface area contributed by atoms with Crippen molar-refractivity contribution in [3.63, 3.8) is 0 Å². The van der Waals surface area contributed by atoms with Crippen LogP contribution in [0.3, 0.4) is 0 Å². The van der Waals surface area contributed by atoms with Gasteiger partial charge in [-0.25, -0.2) is 0 Å². The van der Waals surface area contributed by atoms with Gasteiger partial charge in [-0.3, -0.25) is 4.79 Å². The summed E-state index contributed by atoms with van der Waals surface area (Å²) in [5, 5.41) is 2.35. The van der Waals surface area contributed by atoms with Crippen molar-refractivity contribution in [2.45, 2.75) is 6.61 Å². The molecule has 1 N–H and O–H groups in total. The molecule has 0 spiro atoms. The Balaban J connectivity index is 2.93. The third-order valence-corrected chi connectivity index (χ3v) is 2.29.